The van der Waals surface area contributed by atoms with Crippen LogP contribution in [0.15, 0.2) is 29.9 Å². The number of rotatable bonds is 5. The van der Waals surface area contributed by atoms with Gasteiger partial charge in [-0.1, -0.05) is 0 Å². The number of nitrogens with zero attached hydrogens (tertiary/aromatic N) is 3. The van der Waals surface area contributed by atoms with Gasteiger partial charge in [0.1, 0.15) is 11.9 Å². The van der Waals surface area contributed by atoms with E-state index in [4.69, 9.17) is 0 Å². The third-order valence-electron chi connectivity index (χ3n) is 3.85. The van der Waals surface area contributed by atoms with Crippen LogP contribution in [0.5, 0.6) is 0 Å². The zero-order chi connectivity index (χ0) is 16.9. The van der Waals surface area contributed by atoms with E-state index < -0.39 is 11.0 Å². The monoisotopic (exact) mass is 347 g/mol. The molecule has 3 rings (SSSR count). The first-order valence-electron chi connectivity index (χ1n) is 7.54. The highest BCUT2D eigenvalue weighted by Crippen LogP contribution is 2.23. The Balaban J connectivity index is 1.46. The molecule has 0 radical (unpaired) electrons. The van der Waals surface area contributed by atoms with E-state index in [1.54, 1.807) is 11.3 Å². The highest BCUT2D eigenvalue weighted by atomic mass is 32.1. The molecular weight excluding hydrogens is 330 g/mol. The number of pyridine rings is 1. The van der Waals surface area contributed by atoms with E-state index in [2.05, 4.69) is 32.0 Å². The third kappa shape index (κ3) is 3.87. The molecule has 24 heavy (non-hydrogen) atoms. The molecule has 0 spiro atoms. The Labute approximate surface area is 142 Å². The van der Waals surface area contributed by atoms with Crippen molar-refractivity contribution in [2.75, 3.05) is 25.0 Å². The lowest BCUT2D eigenvalue weighted by molar-refractivity contribution is -0.384. The minimum atomic E-state index is -0.575. The van der Waals surface area contributed by atoms with Gasteiger partial charge in [-0.15, -0.1) is 11.3 Å². The van der Waals surface area contributed by atoms with Crippen molar-refractivity contribution in [2.24, 2.45) is 0 Å². The summed E-state index contributed by atoms with van der Waals surface area (Å²) in [5.41, 5.74) is 1.27. The van der Waals surface area contributed by atoms with Gasteiger partial charge < -0.3 is 10.6 Å². The zero-order valence-corrected chi connectivity index (χ0v) is 13.7. The van der Waals surface area contributed by atoms with Gasteiger partial charge in [-0.05, 0) is 29.5 Å². The van der Waals surface area contributed by atoms with Crippen LogP contribution in [0.4, 0.5) is 16.2 Å². The highest BCUT2D eigenvalue weighted by molar-refractivity contribution is 7.10. The molecule has 0 saturated carbocycles. The lowest BCUT2D eigenvalue weighted by Crippen LogP contribution is -2.38. The molecule has 0 unspecified atom stereocenters. The van der Waals surface area contributed by atoms with Crippen LogP contribution in [0, 0.1) is 10.1 Å². The second kappa shape index (κ2) is 7.37. The van der Waals surface area contributed by atoms with E-state index in [1.165, 1.54) is 22.7 Å². The molecule has 1 aliphatic heterocycles. The standard InChI is InChI=1S/C15H17N5O3S/c21-15(18-12-1-4-16-9-13(12)20(22)23)17-5-7-19-6-2-14-11(10-19)3-8-24-14/h1,3-4,8-9H,2,5-7,10H2,(H2,16,17,18,21). The van der Waals surface area contributed by atoms with Crippen LogP contribution in [-0.4, -0.2) is 40.5 Å². The van der Waals surface area contributed by atoms with Crippen LogP contribution >= 0.6 is 11.3 Å². The van der Waals surface area contributed by atoms with Crippen LogP contribution in [0.3, 0.4) is 0 Å². The number of hydrogen-bond donors (Lipinski definition) is 2. The minimum absolute atomic E-state index is 0.133. The fraction of sp³-hybridized carbons (Fsp3) is 0.333. The van der Waals surface area contributed by atoms with Crippen molar-refractivity contribution in [2.45, 2.75) is 13.0 Å². The molecule has 2 aromatic rings. The SMILES string of the molecule is O=C(NCCN1CCc2sccc2C1)Nc1ccncc1[N+](=O)[O-]. The predicted molar refractivity (Wildman–Crippen MR) is 91.2 cm³/mol. The zero-order valence-electron chi connectivity index (χ0n) is 12.9. The molecule has 2 amide bonds. The fourth-order valence-corrected chi connectivity index (χ4v) is 3.52. The van der Waals surface area contributed by atoms with Crippen LogP contribution in [0.1, 0.15) is 10.4 Å². The molecule has 0 aromatic carbocycles. The number of urea groups is 1. The van der Waals surface area contributed by atoms with E-state index in [0.717, 1.165) is 32.3 Å². The molecule has 2 N–H and O–H groups in total. The van der Waals surface area contributed by atoms with Crippen molar-refractivity contribution in [3.8, 4) is 0 Å². The Kier molecular flexibility index (Phi) is 5.02. The van der Waals surface area contributed by atoms with Crippen molar-refractivity contribution in [3.63, 3.8) is 0 Å². The largest absolute Gasteiger partial charge is 0.337 e. The van der Waals surface area contributed by atoms with E-state index in [9.17, 15) is 14.9 Å². The molecule has 9 heteroatoms. The topological polar surface area (TPSA) is 100 Å². The number of nitrogens with one attached hydrogen (secondary N) is 2. The summed E-state index contributed by atoms with van der Waals surface area (Å²) in [7, 11) is 0. The summed E-state index contributed by atoms with van der Waals surface area (Å²) in [6, 6.07) is 3.09. The van der Waals surface area contributed by atoms with Crippen molar-refractivity contribution in [3.05, 3.63) is 50.5 Å². The summed E-state index contributed by atoms with van der Waals surface area (Å²) < 4.78 is 0. The van der Waals surface area contributed by atoms with E-state index in [0.29, 0.717) is 6.54 Å². The van der Waals surface area contributed by atoms with Gasteiger partial charge in [0.05, 0.1) is 4.92 Å². The van der Waals surface area contributed by atoms with Crippen molar-refractivity contribution >= 4 is 28.7 Å². The molecule has 8 nitrogen and oxygen atoms in total. The Bertz CT molecular complexity index is 748. The van der Waals surface area contributed by atoms with Crippen molar-refractivity contribution < 1.29 is 9.72 Å². The maximum absolute atomic E-state index is 11.9. The number of thiophene rings is 1. The Morgan fingerprint density at radius 1 is 1.46 bits per heavy atom. The summed E-state index contributed by atoms with van der Waals surface area (Å²) >= 11 is 1.79. The molecule has 1 aliphatic rings. The maximum atomic E-state index is 11.9. The maximum Gasteiger partial charge on any atom is 0.319 e. The van der Waals surface area contributed by atoms with Crippen LogP contribution in [0.25, 0.3) is 0 Å². The average Bonchev–Trinajstić information content (AvgIpc) is 3.03. The summed E-state index contributed by atoms with van der Waals surface area (Å²) in [5.74, 6) is 0. The van der Waals surface area contributed by atoms with Gasteiger partial charge in [-0.3, -0.25) is 20.0 Å². The summed E-state index contributed by atoms with van der Waals surface area (Å²) in [5, 5.41) is 18.2. The lowest BCUT2D eigenvalue weighted by Gasteiger charge is -2.26. The Morgan fingerprint density at radius 3 is 3.17 bits per heavy atom. The van der Waals surface area contributed by atoms with E-state index in [-0.39, 0.29) is 11.4 Å². The predicted octanol–water partition coefficient (Wildman–Crippen LogP) is 2.23. The summed E-state index contributed by atoms with van der Waals surface area (Å²) in [6.07, 6.45) is 3.55. The molecule has 0 saturated heterocycles. The smallest absolute Gasteiger partial charge is 0.319 e. The summed E-state index contributed by atoms with van der Waals surface area (Å²) in [4.78, 5) is 29.6. The van der Waals surface area contributed by atoms with Crippen LogP contribution < -0.4 is 10.6 Å². The van der Waals surface area contributed by atoms with Gasteiger partial charge in [0, 0.05) is 37.3 Å². The first-order chi connectivity index (χ1) is 11.6. The molecule has 0 atom stereocenters. The van der Waals surface area contributed by atoms with Crippen LogP contribution in [-0.2, 0) is 13.0 Å². The van der Waals surface area contributed by atoms with Gasteiger partial charge in [0.25, 0.3) is 0 Å². The first kappa shape index (κ1) is 16.3. The molecule has 3 heterocycles. The number of carbonyl (C=O) groups excluding carboxylic acids is 1. The Hall–Kier alpha value is -2.52. The number of aromatic nitrogens is 1. The molecule has 2 aromatic heterocycles. The fourth-order valence-electron chi connectivity index (χ4n) is 2.63. The van der Waals surface area contributed by atoms with Crippen molar-refractivity contribution in [1.29, 1.82) is 0 Å². The number of amides is 2. The number of fused-ring (bicyclic) bond motifs is 1. The number of nitro groups is 1. The van der Waals surface area contributed by atoms with E-state index >= 15 is 0 Å². The molecule has 0 aliphatic carbocycles. The second-order valence-corrected chi connectivity index (χ2v) is 6.43. The third-order valence-corrected chi connectivity index (χ3v) is 4.87. The first-order valence-corrected chi connectivity index (χ1v) is 8.42. The lowest BCUT2D eigenvalue weighted by atomic mass is 10.1. The Morgan fingerprint density at radius 2 is 2.33 bits per heavy atom. The van der Waals surface area contributed by atoms with Gasteiger partial charge in [-0.2, -0.15) is 0 Å². The number of anilines is 1. The normalized spacial score (nSPS) is 14.0. The van der Waals surface area contributed by atoms with Crippen LogP contribution in [0.2, 0.25) is 0 Å². The number of carbonyl (C=O) groups is 1. The van der Waals surface area contributed by atoms with Gasteiger partial charge in [0.2, 0.25) is 0 Å². The minimum Gasteiger partial charge on any atom is -0.337 e. The highest BCUT2D eigenvalue weighted by Gasteiger charge is 2.18. The summed E-state index contributed by atoms with van der Waals surface area (Å²) in [6.45, 7) is 3.09. The van der Waals surface area contributed by atoms with Gasteiger partial charge in [-0.25, -0.2) is 4.79 Å². The molecule has 126 valence electrons. The molecular formula is C15H17N5O3S. The van der Waals surface area contributed by atoms with Crippen molar-refractivity contribution in [1.82, 2.24) is 15.2 Å². The quantitative estimate of drug-likeness (QED) is 0.638. The van der Waals surface area contributed by atoms with Gasteiger partial charge >= 0.3 is 11.7 Å². The number of hydrogen-bond acceptors (Lipinski definition) is 6. The van der Waals surface area contributed by atoms with Gasteiger partial charge in [0.15, 0.2) is 0 Å². The molecule has 0 bridgehead atoms. The van der Waals surface area contributed by atoms with E-state index in [1.807, 2.05) is 0 Å². The second-order valence-electron chi connectivity index (χ2n) is 5.43. The molecule has 0 fully saturated rings. The average molecular weight is 347 g/mol.